The fourth-order valence-corrected chi connectivity index (χ4v) is 5.53. The number of carbonyl (C=O) groups excluding carboxylic acids is 3. The van der Waals surface area contributed by atoms with Gasteiger partial charge in [0.1, 0.15) is 5.78 Å². The van der Waals surface area contributed by atoms with Crippen LogP contribution in [0.5, 0.6) is 0 Å². The smallest absolute Gasteiger partial charge is 0.303 e. The normalized spacial score (nSPS) is 25.5. The Morgan fingerprint density at radius 1 is 0.909 bits per heavy atom. The summed E-state index contributed by atoms with van der Waals surface area (Å²) in [6, 6.07) is 0. The minimum absolute atomic E-state index is 0.0320. The zero-order chi connectivity index (χ0) is 24.4. The summed E-state index contributed by atoms with van der Waals surface area (Å²) in [4.78, 5) is 49.5. The van der Waals surface area contributed by atoms with Crippen LogP contribution in [0.25, 0.3) is 0 Å². The van der Waals surface area contributed by atoms with E-state index in [9.17, 15) is 24.3 Å². The summed E-state index contributed by atoms with van der Waals surface area (Å²) in [6.45, 7) is 4.49. The topological polar surface area (TPSA) is 112 Å². The van der Waals surface area contributed by atoms with Crippen LogP contribution in [0.15, 0.2) is 0 Å². The molecule has 0 bridgehead atoms. The van der Waals surface area contributed by atoms with Gasteiger partial charge in [0.05, 0.1) is 6.10 Å². The molecule has 0 radical (unpaired) electrons. The second kappa shape index (κ2) is 13.8. The van der Waals surface area contributed by atoms with Crippen LogP contribution in [0.1, 0.15) is 104 Å². The lowest BCUT2D eigenvalue weighted by atomic mass is 9.71. The van der Waals surface area contributed by atoms with Gasteiger partial charge in [-0.2, -0.15) is 0 Å². The monoisotopic (exact) mass is 465 g/mol. The molecule has 0 aromatic heterocycles. The van der Waals surface area contributed by atoms with E-state index >= 15 is 0 Å². The largest absolute Gasteiger partial charge is 0.481 e. The zero-order valence-electron chi connectivity index (χ0n) is 20.5. The molecule has 1 saturated heterocycles. The number of rotatable bonds is 14. The molecule has 1 saturated carbocycles. The third-order valence-corrected chi connectivity index (χ3v) is 7.35. The fraction of sp³-hybridized carbons (Fsp3) is 0.846. The number of hydrogen-bond donors (Lipinski definition) is 2. The van der Waals surface area contributed by atoms with Crippen molar-refractivity contribution in [2.45, 2.75) is 110 Å². The minimum Gasteiger partial charge on any atom is -0.481 e. The number of aliphatic hydroxyl groups excluding tert-OH is 1. The second-order valence-corrected chi connectivity index (χ2v) is 10.5. The molecule has 33 heavy (non-hydrogen) atoms. The molecule has 0 aromatic rings. The number of carboxylic acids is 1. The summed E-state index contributed by atoms with van der Waals surface area (Å²) in [5.74, 6) is -1.10. The van der Waals surface area contributed by atoms with Gasteiger partial charge in [-0.05, 0) is 43.9 Å². The van der Waals surface area contributed by atoms with Gasteiger partial charge in [-0.3, -0.25) is 24.1 Å². The Hall–Kier alpha value is -1.76. The van der Waals surface area contributed by atoms with Gasteiger partial charge in [0.25, 0.3) is 0 Å². The van der Waals surface area contributed by atoms with Crippen LogP contribution in [0, 0.1) is 23.7 Å². The number of carbonyl (C=O) groups is 4. The Morgan fingerprint density at radius 2 is 1.45 bits per heavy atom. The number of nitrogens with zero attached hydrogens (tertiary/aromatic N) is 1. The number of likely N-dealkylation sites (tertiary alicyclic amines) is 1. The molecule has 188 valence electrons. The summed E-state index contributed by atoms with van der Waals surface area (Å²) >= 11 is 0. The van der Waals surface area contributed by atoms with Crippen LogP contribution in [-0.4, -0.2) is 51.3 Å². The molecule has 1 unspecified atom stereocenters. The van der Waals surface area contributed by atoms with Gasteiger partial charge in [-0.15, -0.1) is 0 Å². The molecule has 0 spiro atoms. The lowest BCUT2D eigenvalue weighted by molar-refractivity contribution is -0.150. The highest BCUT2D eigenvalue weighted by molar-refractivity contribution is 5.97. The first kappa shape index (κ1) is 27.5. The number of aliphatic hydroxyl groups is 1. The van der Waals surface area contributed by atoms with Gasteiger partial charge in [0.15, 0.2) is 0 Å². The Bertz CT molecular complexity index is 660. The van der Waals surface area contributed by atoms with Gasteiger partial charge < -0.3 is 10.2 Å². The Kier molecular flexibility index (Phi) is 11.5. The molecule has 4 atom stereocenters. The highest BCUT2D eigenvalue weighted by Gasteiger charge is 2.39. The van der Waals surface area contributed by atoms with Gasteiger partial charge in [0.2, 0.25) is 11.8 Å². The van der Waals surface area contributed by atoms with Crippen molar-refractivity contribution in [2.75, 3.05) is 6.54 Å². The molecule has 7 heteroatoms. The number of Topliss-reactive ketones (excluding diaryl/α,β-unsaturated/α-hetero) is 1. The maximum absolute atomic E-state index is 12.6. The summed E-state index contributed by atoms with van der Waals surface area (Å²) in [7, 11) is 0. The van der Waals surface area contributed by atoms with E-state index in [2.05, 4.69) is 6.92 Å². The number of imide groups is 1. The molecule has 2 rings (SSSR count). The number of carboxylic acid groups (broad SMARTS) is 1. The Labute approximate surface area is 198 Å². The number of unbranched alkanes of at least 4 members (excludes halogenated alkanes) is 7. The van der Waals surface area contributed by atoms with E-state index in [0.717, 1.165) is 57.8 Å². The molecule has 2 aliphatic rings. The lowest BCUT2D eigenvalue weighted by Gasteiger charge is -2.36. The van der Waals surface area contributed by atoms with Crippen molar-refractivity contribution in [2.24, 2.45) is 23.7 Å². The van der Waals surface area contributed by atoms with Crippen molar-refractivity contribution in [3.63, 3.8) is 0 Å². The van der Waals surface area contributed by atoms with E-state index in [-0.39, 0.29) is 54.6 Å². The molecular weight excluding hydrogens is 422 g/mol. The van der Waals surface area contributed by atoms with Gasteiger partial charge in [-0.1, -0.05) is 52.4 Å². The van der Waals surface area contributed by atoms with Gasteiger partial charge in [-0.25, -0.2) is 0 Å². The fourth-order valence-electron chi connectivity index (χ4n) is 5.53. The van der Waals surface area contributed by atoms with Crippen molar-refractivity contribution in [1.29, 1.82) is 0 Å². The van der Waals surface area contributed by atoms with Crippen LogP contribution < -0.4 is 0 Å². The summed E-state index contributed by atoms with van der Waals surface area (Å²) in [6.07, 6.45) is 9.64. The first-order valence-electron chi connectivity index (χ1n) is 13.0. The molecule has 2 amide bonds. The highest BCUT2D eigenvalue weighted by Crippen LogP contribution is 2.35. The van der Waals surface area contributed by atoms with E-state index in [1.165, 1.54) is 4.90 Å². The van der Waals surface area contributed by atoms with E-state index < -0.39 is 12.1 Å². The molecule has 1 heterocycles. The third kappa shape index (κ3) is 9.19. The molecular formula is C26H43NO6. The second-order valence-electron chi connectivity index (χ2n) is 10.5. The van der Waals surface area contributed by atoms with Crippen LogP contribution in [0.4, 0.5) is 0 Å². The average molecular weight is 466 g/mol. The first-order valence-corrected chi connectivity index (χ1v) is 13.0. The highest BCUT2D eigenvalue weighted by atomic mass is 16.4. The van der Waals surface area contributed by atoms with Crippen molar-refractivity contribution in [3.8, 4) is 0 Å². The third-order valence-electron chi connectivity index (χ3n) is 7.35. The molecule has 2 fully saturated rings. The van der Waals surface area contributed by atoms with Crippen LogP contribution in [0.2, 0.25) is 0 Å². The number of ketones is 1. The van der Waals surface area contributed by atoms with Crippen LogP contribution in [-0.2, 0) is 19.2 Å². The molecule has 7 nitrogen and oxygen atoms in total. The van der Waals surface area contributed by atoms with Crippen molar-refractivity contribution >= 4 is 23.6 Å². The number of hydrogen-bond acceptors (Lipinski definition) is 5. The molecule has 0 aromatic carbocycles. The number of piperidine rings is 1. The number of aliphatic carboxylic acids is 1. The average Bonchev–Trinajstić information content (AvgIpc) is 2.73. The van der Waals surface area contributed by atoms with Crippen LogP contribution in [0.3, 0.4) is 0 Å². The molecule has 1 aliphatic carbocycles. The van der Waals surface area contributed by atoms with Crippen LogP contribution >= 0.6 is 0 Å². The van der Waals surface area contributed by atoms with E-state index in [1.54, 1.807) is 0 Å². The van der Waals surface area contributed by atoms with Crippen molar-refractivity contribution < 1.29 is 29.4 Å². The summed E-state index contributed by atoms with van der Waals surface area (Å²) in [5.41, 5.74) is 0. The summed E-state index contributed by atoms with van der Waals surface area (Å²) < 4.78 is 0. The van der Waals surface area contributed by atoms with E-state index in [0.29, 0.717) is 25.3 Å². The first-order chi connectivity index (χ1) is 15.7. The maximum Gasteiger partial charge on any atom is 0.303 e. The predicted octanol–water partition coefficient (Wildman–Crippen LogP) is 4.35. The van der Waals surface area contributed by atoms with Gasteiger partial charge >= 0.3 is 5.97 Å². The van der Waals surface area contributed by atoms with E-state index in [4.69, 9.17) is 5.11 Å². The maximum atomic E-state index is 12.6. The SMILES string of the molecule is C[C@@H]1CC([C@H](O)CC2CC(=O)N(CCCCCCCCCCC(=O)O)C(=O)C2)C(=O)[C@@H](C)C1. The lowest BCUT2D eigenvalue weighted by Crippen LogP contribution is -2.45. The quantitative estimate of drug-likeness (QED) is 0.291. The number of amides is 2. The molecule has 2 N–H and O–H groups in total. The van der Waals surface area contributed by atoms with E-state index in [1.807, 2.05) is 6.92 Å². The van der Waals surface area contributed by atoms with Crippen molar-refractivity contribution in [1.82, 2.24) is 4.90 Å². The van der Waals surface area contributed by atoms with Crippen molar-refractivity contribution in [3.05, 3.63) is 0 Å². The van der Waals surface area contributed by atoms with Gasteiger partial charge in [0, 0.05) is 37.6 Å². The zero-order valence-corrected chi connectivity index (χ0v) is 20.5. The predicted molar refractivity (Wildman–Crippen MR) is 125 cm³/mol. The molecule has 1 aliphatic heterocycles. The Morgan fingerprint density at radius 3 is 2.03 bits per heavy atom. The minimum atomic E-state index is -0.774. The standard InChI is InChI=1S/C26H43NO6/c1-18-13-19(2)26(33)21(14-18)22(28)15-20-16-23(29)27(24(30)17-20)12-10-8-6-4-3-5-7-9-11-25(31)32/h18-22,28H,3-17H2,1-2H3,(H,31,32)/t18-,19-,21?,22+/m0/s1. The summed E-state index contributed by atoms with van der Waals surface area (Å²) in [5, 5.41) is 19.3. The Balaban J connectivity index is 1.63.